The number of amides is 1. The first kappa shape index (κ1) is 22.9. The number of aliphatic imine (C=N–C) groups is 1. The largest absolute Gasteiger partial charge is 0.496 e. The Morgan fingerprint density at radius 3 is 2.53 bits per heavy atom. The summed E-state index contributed by atoms with van der Waals surface area (Å²) in [6.45, 7) is 0. The summed E-state index contributed by atoms with van der Waals surface area (Å²) in [5.41, 5.74) is 0.974. The number of benzene rings is 2. The Balaban J connectivity index is 1.75. The molecule has 0 atom stereocenters. The van der Waals surface area contributed by atoms with E-state index in [0.29, 0.717) is 21.6 Å². The highest BCUT2D eigenvalue weighted by molar-refractivity contribution is 9.10. The number of hydrogen-bond acceptors (Lipinski definition) is 5. The Bertz CT molecular complexity index is 1080. The molecule has 1 saturated carbocycles. The van der Waals surface area contributed by atoms with Gasteiger partial charge in [-0.2, -0.15) is 0 Å². The van der Waals surface area contributed by atoms with E-state index in [9.17, 15) is 9.18 Å². The highest BCUT2D eigenvalue weighted by Gasteiger charge is 2.39. The molecule has 1 heterocycles. The summed E-state index contributed by atoms with van der Waals surface area (Å²) in [6, 6.07) is 10.1. The SMILES string of the molecule is COc1cc(OC)c(/C=C2\SC(=Nc3ccccc3F)N(C3CCCCC3)C2=O)cc1Br. The molecule has 8 heteroatoms. The molecule has 0 unspecified atom stereocenters. The Morgan fingerprint density at radius 1 is 1.12 bits per heavy atom. The monoisotopic (exact) mass is 518 g/mol. The molecule has 0 N–H and O–H groups in total. The van der Waals surface area contributed by atoms with Crippen molar-refractivity contribution in [2.45, 2.75) is 38.1 Å². The highest BCUT2D eigenvalue weighted by atomic mass is 79.9. The number of nitrogens with zero attached hydrogens (tertiary/aromatic N) is 2. The summed E-state index contributed by atoms with van der Waals surface area (Å²) < 4.78 is 25.9. The van der Waals surface area contributed by atoms with Gasteiger partial charge >= 0.3 is 0 Å². The molecule has 1 aliphatic carbocycles. The number of ether oxygens (including phenoxy) is 2. The van der Waals surface area contributed by atoms with Crippen molar-refractivity contribution in [2.75, 3.05) is 14.2 Å². The fourth-order valence-electron chi connectivity index (χ4n) is 4.01. The van der Waals surface area contributed by atoms with Gasteiger partial charge in [-0.25, -0.2) is 9.38 Å². The number of para-hydroxylation sites is 1. The quantitative estimate of drug-likeness (QED) is 0.421. The number of halogens is 2. The minimum absolute atomic E-state index is 0.0738. The van der Waals surface area contributed by atoms with Crippen molar-refractivity contribution in [3.05, 3.63) is 57.2 Å². The average molecular weight is 519 g/mol. The summed E-state index contributed by atoms with van der Waals surface area (Å²) >= 11 is 4.77. The lowest BCUT2D eigenvalue weighted by atomic mass is 9.94. The van der Waals surface area contributed by atoms with Crippen LogP contribution < -0.4 is 9.47 Å². The molecule has 0 bridgehead atoms. The number of rotatable bonds is 5. The number of carbonyl (C=O) groups is 1. The lowest BCUT2D eigenvalue weighted by molar-refractivity contribution is -0.124. The van der Waals surface area contributed by atoms with Crippen LogP contribution in [0.4, 0.5) is 10.1 Å². The van der Waals surface area contributed by atoms with E-state index in [2.05, 4.69) is 20.9 Å². The van der Waals surface area contributed by atoms with Crippen molar-refractivity contribution in [3.63, 3.8) is 0 Å². The number of hydrogen-bond donors (Lipinski definition) is 0. The van der Waals surface area contributed by atoms with Gasteiger partial charge in [-0.05, 0) is 64.8 Å². The molecule has 1 aliphatic heterocycles. The smallest absolute Gasteiger partial charge is 0.267 e. The number of carbonyl (C=O) groups excluding carboxylic acids is 1. The van der Waals surface area contributed by atoms with Crippen molar-refractivity contribution in [2.24, 2.45) is 4.99 Å². The van der Waals surface area contributed by atoms with Crippen LogP contribution in [-0.4, -0.2) is 36.2 Å². The number of amidine groups is 1. The van der Waals surface area contributed by atoms with Gasteiger partial charge in [-0.1, -0.05) is 31.4 Å². The lowest BCUT2D eigenvalue weighted by Gasteiger charge is -2.30. The molecule has 1 saturated heterocycles. The molecule has 32 heavy (non-hydrogen) atoms. The summed E-state index contributed by atoms with van der Waals surface area (Å²) in [6.07, 6.45) is 6.97. The first-order chi connectivity index (χ1) is 15.5. The van der Waals surface area contributed by atoms with E-state index in [1.165, 1.54) is 24.2 Å². The minimum Gasteiger partial charge on any atom is -0.496 e. The maximum Gasteiger partial charge on any atom is 0.267 e. The Hall–Kier alpha value is -2.32. The Labute approximate surface area is 199 Å². The van der Waals surface area contributed by atoms with E-state index in [1.54, 1.807) is 49.5 Å². The van der Waals surface area contributed by atoms with Gasteiger partial charge in [0.05, 0.1) is 23.6 Å². The molecule has 4 rings (SSSR count). The zero-order valence-corrected chi connectivity index (χ0v) is 20.3. The summed E-state index contributed by atoms with van der Waals surface area (Å²) in [5.74, 6) is 0.718. The molecule has 5 nitrogen and oxygen atoms in total. The molecular weight excluding hydrogens is 495 g/mol. The van der Waals surface area contributed by atoms with Crippen LogP contribution in [0, 0.1) is 5.82 Å². The molecule has 0 spiro atoms. The first-order valence-electron chi connectivity index (χ1n) is 10.5. The minimum atomic E-state index is -0.408. The molecule has 2 aromatic rings. The van der Waals surface area contributed by atoms with Gasteiger partial charge in [-0.3, -0.25) is 9.69 Å². The lowest BCUT2D eigenvalue weighted by Crippen LogP contribution is -2.40. The molecule has 2 aromatic carbocycles. The molecule has 2 fully saturated rings. The Morgan fingerprint density at radius 2 is 1.84 bits per heavy atom. The third-order valence-corrected chi connectivity index (χ3v) is 7.24. The maximum atomic E-state index is 14.3. The van der Waals surface area contributed by atoms with Crippen molar-refractivity contribution in [3.8, 4) is 11.5 Å². The second-order valence-electron chi connectivity index (χ2n) is 7.65. The van der Waals surface area contributed by atoms with Crippen molar-refractivity contribution in [1.82, 2.24) is 4.90 Å². The van der Waals surface area contributed by atoms with E-state index in [0.717, 1.165) is 35.7 Å². The second kappa shape index (κ2) is 10.1. The van der Waals surface area contributed by atoms with Crippen LogP contribution in [0.2, 0.25) is 0 Å². The van der Waals surface area contributed by atoms with E-state index in [-0.39, 0.29) is 17.6 Å². The van der Waals surface area contributed by atoms with Gasteiger partial charge in [0.15, 0.2) is 5.17 Å². The molecule has 1 amide bonds. The van der Waals surface area contributed by atoms with Crippen LogP contribution in [-0.2, 0) is 4.79 Å². The zero-order chi connectivity index (χ0) is 22.7. The van der Waals surface area contributed by atoms with Crippen molar-refractivity contribution >= 4 is 50.5 Å². The van der Waals surface area contributed by atoms with Gasteiger partial charge in [-0.15, -0.1) is 0 Å². The summed E-state index contributed by atoms with van der Waals surface area (Å²) in [4.78, 5) is 20.3. The first-order valence-corrected chi connectivity index (χ1v) is 12.1. The maximum absolute atomic E-state index is 14.3. The van der Waals surface area contributed by atoms with Crippen molar-refractivity contribution in [1.29, 1.82) is 0 Å². The molecule has 0 aromatic heterocycles. The third-order valence-electron chi connectivity index (χ3n) is 5.64. The zero-order valence-electron chi connectivity index (χ0n) is 17.9. The second-order valence-corrected chi connectivity index (χ2v) is 9.52. The Kier molecular flexibility index (Phi) is 7.20. The number of methoxy groups -OCH3 is 2. The van der Waals surface area contributed by atoms with Crippen LogP contribution in [0.15, 0.2) is 50.8 Å². The summed E-state index contributed by atoms with van der Waals surface area (Å²) in [5, 5.41) is 0.518. The van der Waals surface area contributed by atoms with Crippen LogP contribution in [0.25, 0.3) is 6.08 Å². The number of thioether (sulfide) groups is 1. The van der Waals surface area contributed by atoms with Crippen LogP contribution in [0.5, 0.6) is 11.5 Å². The van der Waals surface area contributed by atoms with E-state index in [4.69, 9.17) is 9.47 Å². The van der Waals surface area contributed by atoms with Gasteiger partial charge in [0, 0.05) is 17.7 Å². The predicted molar refractivity (Wildman–Crippen MR) is 130 cm³/mol. The van der Waals surface area contributed by atoms with Crippen LogP contribution in [0.3, 0.4) is 0 Å². The third kappa shape index (κ3) is 4.71. The fourth-order valence-corrected chi connectivity index (χ4v) is 5.57. The van der Waals surface area contributed by atoms with Crippen molar-refractivity contribution < 1.29 is 18.7 Å². The molecule has 168 valence electrons. The van der Waals surface area contributed by atoms with E-state index in [1.807, 2.05) is 6.07 Å². The topological polar surface area (TPSA) is 51.1 Å². The highest BCUT2D eigenvalue weighted by Crippen LogP contribution is 2.41. The van der Waals surface area contributed by atoms with Gasteiger partial charge in [0.1, 0.15) is 23.0 Å². The molecular formula is C24H24BrFN2O3S. The average Bonchev–Trinajstić information content (AvgIpc) is 3.10. The fraction of sp³-hybridized carbons (Fsp3) is 0.333. The normalized spacial score (nSPS) is 19.8. The van der Waals surface area contributed by atoms with Gasteiger partial charge < -0.3 is 9.47 Å². The molecule has 2 aliphatic rings. The summed E-state index contributed by atoms with van der Waals surface area (Å²) in [7, 11) is 3.16. The van der Waals surface area contributed by atoms with Gasteiger partial charge in [0.25, 0.3) is 5.91 Å². The van der Waals surface area contributed by atoms with Crippen LogP contribution >= 0.6 is 27.7 Å². The standard InChI is InChI=1S/C24H24BrFN2O3S/c1-30-20-14-21(31-2)17(25)12-15(20)13-22-23(29)28(16-8-4-3-5-9-16)24(32-22)27-19-11-7-6-10-18(19)26/h6-7,10-14,16H,3-5,8-9H2,1-2H3/b22-13-,27-24?. The van der Waals surface area contributed by atoms with E-state index < -0.39 is 5.82 Å². The molecule has 0 radical (unpaired) electrons. The van der Waals surface area contributed by atoms with E-state index >= 15 is 0 Å². The van der Waals surface area contributed by atoms with Gasteiger partial charge in [0.2, 0.25) is 0 Å². The predicted octanol–water partition coefficient (Wildman–Crippen LogP) is 6.54. The van der Waals surface area contributed by atoms with Crippen LogP contribution in [0.1, 0.15) is 37.7 Å².